The molecule has 0 spiro atoms. The summed E-state index contributed by atoms with van der Waals surface area (Å²) in [6.45, 7) is 0.704. The maximum atomic E-state index is 5.17. The van der Waals surface area contributed by atoms with Crippen LogP contribution >= 0.6 is 0 Å². The van der Waals surface area contributed by atoms with Gasteiger partial charge in [0, 0.05) is 0 Å². The van der Waals surface area contributed by atoms with Gasteiger partial charge < -0.3 is 4.74 Å². The number of hydrogen-bond donors (Lipinski definition) is 0. The Hall–Kier alpha value is -1.24. The van der Waals surface area contributed by atoms with Crippen LogP contribution in [0.5, 0.6) is 0 Å². The lowest BCUT2D eigenvalue weighted by atomic mass is 10.1. The third kappa shape index (κ3) is 0.798. The van der Waals surface area contributed by atoms with Crippen molar-refractivity contribution in [2.75, 3.05) is 6.61 Å². The minimum atomic E-state index is 0.704. The molecule has 10 heavy (non-hydrogen) atoms. The topological polar surface area (TPSA) is 9.23 Å². The zero-order valence-electron chi connectivity index (χ0n) is 5.58. The molecule has 0 saturated carbocycles. The predicted octanol–water partition coefficient (Wildman–Crippen LogP) is 1.95. The minimum absolute atomic E-state index is 0.704. The molecule has 1 heterocycles. The van der Waals surface area contributed by atoms with Crippen molar-refractivity contribution in [3.63, 3.8) is 0 Å². The first-order valence-corrected chi connectivity index (χ1v) is 3.33. The molecular formula is C9H8O. The fourth-order valence-corrected chi connectivity index (χ4v) is 1.10. The Balaban J connectivity index is 2.36. The quantitative estimate of drug-likeness (QED) is 0.489. The van der Waals surface area contributed by atoms with Crippen LogP contribution in [0, 0.1) is 0 Å². The Kier molecular flexibility index (Phi) is 1.21. The molecule has 0 fully saturated rings. The van der Waals surface area contributed by atoms with E-state index >= 15 is 0 Å². The molecule has 0 amide bonds. The molecule has 2 rings (SSSR count). The molecule has 50 valence electrons. The van der Waals surface area contributed by atoms with Gasteiger partial charge in [-0.2, -0.15) is 0 Å². The highest BCUT2D eigenvalue weighted by molar-refractivity contribution is 5.50. The van der Waals surface area contributed by atoms with Gasteiger partial charge in [0.2, 0.25) is 0 Å². The summed E-state index contributed by atoms with van der Waals surface area (Å²) in [6, 6.07) is 0. The Morgan fingerprint density at radius 3 is 3.20 bits per heavy atom. The van der Waals surface area contributed by atoms with Crippen molar-refractivity contribution in [1.82, 2.24) is 0 Å². The van der Waals surface area contributed by atoms with Gasteiger partial charge in [0.1, 0.15) is 6.61 Å². The molecule has 0 aromatic heterocycles. The lowest BCUT2D eigenvalue weighted by molar-refractivity contribution is 0.284. The molecule has 0 N–H and O–H groups in total. The first kappa shape index (κ1) is 5.54. The van der Waals surface area contributed by atoms with E-state index in [1.807, 2.05) is 12.2 Å². The second-order valence-electron chi connectivity index (χ2n) is 2.31. The maximum Gasteiger partial charge on any atom is 0.113 e. The molecule has 1 aliphatic heterocycles. The summed E-state index contributed by atoms with van der Waals surface area (Å²) in [5.41, 5.74) is 2.54. The lowest BCUT2D eigenvalue weighted by Gasteiger charge is -1.99. The molecule has 1 aliphatic carbocycles. The van der Waals surface area contributed by atoms with E-state index in [1.54, 1.807) is 6.26 Å². The highest BCUT2D eigenvalue weighted by atomic mass is 16.5. The summed E-state index contributed by atoms with van der Waals surface area (Å²) < 4.78 is 5.17. The maximum absolute atomic E-state index is 5.17. The van der Waals surface area contributed by atoms with E-state index in [-0.39, 0.29) is 0 Å². The molecular weight excluding hydrogens is 124 g/mol. The molecule has 0 bridgehead atoms. The van der Waals surface area contributed by atoms with Gasteiger partial charge in [-0.15, -0.1) is 0 Å². The van der Waals surface area contributed by atoms with E-state index in [1.165, 1.54) is 11.1 Å². The third-order valence-electron chi connectivity index (χ3n) is 1.63. The normalized spacial score (nSPS) is 20.8. The van der Waals surface area contributed by atoms with Gasteiger partial charge in [0.05, 0.1) is 6.26 Å². The van der Waals surface area contributed by atoms with Crippen LogP contribution in [0.3, 0.4) is 0 Å². The van der Waals surface area contributed by atoms with Gasteiger partial charge in [-0.1, -0.05) is 24.3 Å². The Morgan fingerprint density at radius 2 is 2.20 bits per heavy atom. The first-order valence-electron chi connectivity index (χ1n) is 3.33. The largest absolute Gasteiger partial charge is 0.496 e. The van der Waals surface area contributed by atoms with Crippen molar-refractivity contribution in [2.24, 2.45) is 0 Å². The van der Waals surface area contributed by atoms with E-state index in [4.69, 9.17) is 4.74 Å². The average Bonchev–Trinajstić information content (AvgIpc) is 2.28. The molecule has 0 saturated heterocycles. The summed E-state index contributed by atoms with van der Waals surface area (Å²) in [5, 5.41) is 0. The van der Waals surface area contributed by atoms with E-state index in [9.17, 15) is 0 Å². The number of rotatable bonds is 0. The van der Waals surface area contributed by atoms with Crippen molar-refractivity contribution < 1.29 is 4.74 Å². The van der Waals surface area contributed by atoms with Gasteiger partial charge in [0.25, 0.3) is 0 Å². The first-order chi connectivity index (χ1) is 4.97. The summed E-state index contributed by atoms with van der Waals surface area (Å²) >= 11 is 0. The van der Waals surface area contributed by atoms with Crippen LogP contribution in [-0.4, -0.2) is 6.61 Å². The van der Waals surface area contributed by atoms with Gasteiger partial charge in [-0.3, -0.25) is 0 Å². The Labute approximate surface area is 60.0 Å². The number of fused-ring (bicyclic) bond motifs is 1. The number of allylic oxidation sites excluding steroid dienone is 5. The zero-order chi connectivity index (χ0) is 6.81. The molecule has 0 atom stereocenters. The SMILES string of the molecule is C1=COCC2=CC=CC2=C1. The fourth-order valence-electron chi connectivity index (χ4n) is 1.10. The van der Waals surface area contributed by atoms with E-state index in [2.05, 4.69) is 18.2 Å². The second kappa shape index (κ2) is 2.18. The molecule has 0 radical (unpaired) electrons. The summed E-state index contributed by atoms with van der Waals surface area (Å²) in [5.74, 6) is 0. The van der Waals surface area contributed by atoms with Crippen LogP contribution in [-0.2, 0) is 4.74 Å². The van der Waals surface area contributed by atoms with Crippen LogP contribution in [0.15, 0.2) is 47.8 Å². The monoisotopic (exact) mass is 132 g/mol. The Morgan fingerprint density at radius 1 is 1.20 bits per heavy atom. The summed E-state index contributed by atoms with van der Waals surface area (Å²) in [4.78, 5) is 0. The fraction of sp³-hybridized carbons (Fsp3) is 0.111. The van der Waals surface area contributed by atoms with Gasteiger partial charge >= 0.3 is 0 Å². The van der Waals surface area contributed by atoms with Crippen LogP contribution in [0.1, 0.15) is 0 Å². The Bertz CT molecular complexity index is 254. The molecule has 0 aromatic carbocycles. The smallest absolute Gasteiger partial charge is 0.113 e. The summed E-state index contributed by atoms with van der Waals surface area (Å²) in [7, 11) is 0. The van der Waals surface area contributed by atoms with Crippen molar-refractivity contribution in [3.8, 4) is 0 Å². The van der Waals surface area contributed by atoms with Crippen LogP contribution in [0.25, 0.3) is 0 Å². The van der Waals surface area contributed by atoms with Gasteiger partial charge in [0.15, 0.2) is 0 Å². The third-order valence-corrected chi connectivity index (χ3v) is 1.63. The van der Waals surface area contributed by atoms with E-state index in [0.29, 0.717) is 6.61 Å². The predicted molar refractivity (Wildman–Crippen MR) is 40.4 cm³/mol. The average molecular weight is 132 g/mol. The minimum Gasteiger partial charge on any atom is -0.496 e. The highest BCUT2D eigenvalue weighted by Crippen LogP contribution is 2.20. The van der Waals surface area contributed by atoms with Crippen LogP contribution in [0.2, 0.25) is 0 Å². The van der Waals surface area contributed by atoms with Crippen LogP contribution in [0.4, 0.5) is 0 Å². The molecule has 1 nitrogen and oxygen atoms in total. The van der Waals surface area contributed by atoms with Crippen LogP contribution < -0.4 is 0 Å². The van der Waals surface area contributed by atoms with Crippen molar-refractivity contribution in [2.45, 2.75) is 0 Å². The van der Waals surface area contributed by atoms with E-state index in [0.717, 1.165) is 0 Å². The lowest BCUT2D eigenvalue weighted by Crippen LogP contribution is -1.90. The molecule has 1 heteroatoms. The second-order valence-corrected chi connectivity index (χ2v) is 2.31. The van der Waals surface area contributed by atoms with Crippen molar-refractivity contribution >= 4 is 0 Å². The molecule has 2 aliphatic rings. The standard InChI is InChI=1S/C9H8O/c1-3-8-5-2-6-10-7-9(8)4-1/h1-6H,7H2. The molecule has 0 unspecified atom stereocenters. The van der Waals surface area contributed by atoms with Gasteiger partial charge in [-0.05, 0) is 17.2 Å². The zero-order valence-corrected chi connectivity index (χ0v) is 5.58. The molecule has 0 aromatic rings. The van der Waals surface area contributed by atoms with Crippen molar-refractivity contribution in [3.05, 3.63) is 47.8 Å². The number of hydrogen-bond acceptors (Lipinski definition) is 1. The number of ether oxygens (including phenoxy) is 1. The van der Waals surface area contributed by atoms with E-state index < -0.39 is 0 Å². The summed E-state index contributed by atoms with van der Waals surface area (Å²) in [6.07, 6.45) is 11.9. The van der Waals surface area contributed by atoms with Crippen molar-refractivity contribution in [1.29, 1.82) is 0 Å². The highest BCUT2D eigenvalue weighted by Gasteiger charge is 2.06. The van der Waals surface area contributed by atoms with Gasteiger partial charge in [-0.25, -0.2) is 0 Å².